The molecule has 3 nitrogen and oxygen atoms in total. The minimum Gasteiger partial charge on any atom is -0.397 e. The summed E-state index contributed by atoms with van der Waals surface area (Å²) in [6.45, 7) is 0. The second-order valence-corrected chi connectivity index (χ2v) is 6.29. The molecule has 0 unspecified atom stereocenters. The van der Waals surface area contributed by atoms with Crippen molar-refractivity contribution >= 4 is 61.9 Å². The molecular weight excluding hydrogens is 327 g/mol. The zero-order valence-electron chi connectivity index (χ0n) is 10.7. The van der Waals surface area contributed by atoms with Crippen LogP contribution in [0.15, 0.2) is 42.5 Å². The molecule has 3 rings (SSSR count). The van der Waals surface area contributed by atoms with Gasteiger partial charge in [0.05, 0.1) is 16.4 Å². The molecule has 0 fully saturated rings. The number of rotatable bonds is 2. The van der Waals surface area contributed by atoms with Gasteiger partial charge in [-0.15, -0.1) is 11.3 Å². The summed E-state index contributed by atoms with van der Waals surface area (Å²) in [4.78, 5) is 12.8. The van der Waals surface area contributed by atoms with Crippen LogP contribution in [0.4, 0.5) is 11.4 Å². The van der Waals surface area contributed by atoms with E-state index >= 15 is 0 Å². The molecule has 2 aromatic carbocycles. The van der Waals surface area contributed by atoms with Crippen LogP contribution in [-0.2, 0) is 0 Å². The summed E-state index contributed by atoms with van der Waals surface area (Å²) in [6.07, 6.45) is 0. The van der Waals surface area contributed by atoms with Crippen molar-refractivity contribution in [2.75, 3.05) is 11.1 Å². The highest BCUT2D eigenvalue weighted by molar-refractivity contribution is 7.21. The van der Waals surface area contributed by atoms with Crippen LogP contribution >= 0.6 is 34.5 Å². The van der Waals surface area contributed by atoms with Crippen molar-refractivity contribution in [2.24, 2.45) is 0 Å². The van der Waals surface area contributed by atoms with E-state index in [0.717, 1.165) is 10.1 Å². The molecule has 106 valence electrons. The molecule has 3 aromatic rings. The van der Waals surface area contributed by atoms with Gasteiger partial charge in [0.25, 0.3) is 5.91 Å². The average molecular weight is 337 g/mol. The lowest BCUT2D eigenvalue weighted by atomic mass is 10.2. The van der Waals surface area contributed by atoms with E-state index in [0.29, 0.717) is 26.3 Å². The SMILES string of the molecule is Nc1ccccc1NC(=O)c1sc2cc(Cl)ccc2c1Cl. The highest BCUT2D eigenvalue weighted by atomic mass is 35.5. The fourth-order valence-corrected chi connectivity index (χ4v) is 3.66. The van der Waals surface area contributed by atoms with Crippen LogP contribution in [0.5, 0.6) is 0 Å². The van der Waals surface area contributed by atoms with Gasteiger partial charge >= 0.3 is 0 Å². The van der Waals surface area contributed by atoms with Gasteiger partial charge in [0.1, 0.15) is 4.88 Å². The smallest absolute Gasteiger partial charge is 0.267 e. The highest BCUT2D eigenvalue weighted by Gasteiger charge is 2.18. The number of nitrogens with two attached hydrogens (primary N) is 1. The number of nitrogens with one attached hydrogen (secondary N) is 1. The number of halogens is 2. The fraction of sp³-hybridized carbons (Fsp3) is 0. The van der Waals surface area contributed by atoms with E-state index in [1.54, 1.807) is 36.4 Å². The summed E-state index contributed by atoms with van der Waals surface area (Å²) >= 11 is 13.5. The first-order chi connectivity index (χ1) is 10.1. The normalized spacial score (nSPS) is 10.8. The van der Waals surface area contributed by atoms with E-state index in [1.807, 2.05) is 6.07 Å². The van der Waals surface area contributed by atoms with Crippen LogP contribution in [0.3, 0.4) is 0 Å². The minimum atomic E-state index is -0.282. The van der Waals surface area contributed by atoms with Crippen LogP contribution in [0, 0.1) is 0 Å². The maximum Gasteiger partial charge on any atom is 0.267 e. The topological polar surface area (TPSA) is 55.1 Å². The minimum absolute atomic E-state index is 0.282. The number of benzene rings is 2. The third-order valence-electron chi connectivity index (χ3n) is 3.01. The van der Waals surface area contributed by atoms with Gasteiger partial charge in [0.2, 0.25) is 0 Å². The van der Waals surface area contributed by atoms with Crippen LogP contribution in [0.1, 0.15) is 9.67 Å². The lowest BCUT2D eigenvalue weighted by Gasteiger charge is -2.06. The summed E-state index contributed by atoms with van der Waals surface area (Å²) < 4.78 is 0.874. The van der Waals surface area contributed by atoms with E-state index in [9.17, 15) is 4.79 Å². The summed E-state index contributed by atoms with van der Waals surface area (Å²) in [7, 11) is 0. The standard InChI is InChI=1S/C15H10Cl2N2OS/c16-8-5-6-9-12(7-8)21-14(13(9)17)15(20)19-11-4-2-1-3-10(11)18/h1-7H,18H2,(H,19,20). The first kappa shape index (κ1) is 14.2. The molecule has 0 aliphatic rings. The number of hydrogen-bond acceptors (Lipinski definition) is 3. The zero-order chi connectivity index (χ0) is 15.0. The first-order valence-electron chi connectivity index (χ1n) is 6.09. The number of carbonyl (C=O) groups excluding carboxylic acids is 1. The number of hydrogen-bond donors (Lipinski definition) is 2. The van der Waals surface area contributed by atoms with E-state index in [1.165, 1.54) is 11.3 Å². The number of anilines is 2. The number of nitrogen functional groups attached to an aromatic ring is 1. The molecule has 0 saturated heterocycles. The predicted octanol–water partition coefficient (Wildman–Crippen LogP) is 5.04. The van der Waals surface area contributed by atoms with Crippen molar-refractivity contribution in [3.8, 4) is 0 Å². The summed E-state index contributed by atoms with van der Waals surface area (Å²) in [6, 6.07) is 12.4. The Morgan fingerprint density at radius 3 is 2.67 bits per heavy atom. The Bertz CT molecular complexity index is 845. The Balaban J connectivity index is 1.98. The summed E-state index contributed by atoms with van der Waals surface area (Å²) in [5, 5.41) is 4.63. The fourth-order valence-electron chi connectivity index (χ4n) is 1.97. The molecule has 6 heteroatoms. The van der Waals surface area contributed by atoms with Crippen LogP contribution in [-0.4, -0.2) is 5.91 Å². The molecular formula is C15H10Cl2N2OS. The van der Waals surface area contributed by atoms with E-state index in [2.05, 4.69) is 5.32 Å². The van der Waals surface area contributed by atoms with Crippen molar-refractivity contribution in [3.05, 3.63) is 57.4 Å². The molecule has 0 spiro atoms. The monoisotopic (exact) mass is 336 g/mol. The van der Waals surface area contributed by atoms with Gasteiger partial charge in [-0.25, -0.2) is 0 Å². The largest absolute Gasteiger partial charge is 0.397 e. The van der Waals surface area contributed by atoms with E-state index in [-0.39, 0.29) is 5.91 Å². The Morgan fingerprint density at radius 2 is 1.90 bits per heavy atom. The average Bonchev–Trinajstić information content (AvgIpc) is 2.78. The number of fused-ring (bicyclic) bond motifs is 1. The highest BCUT2D eigenvalue weighted by Crippen LogP contribution is 2.37. The number of amides is 1. The first-order valence-corrected chi connectivity index (χ1v) is 7.67. The second-order valence-electron chi connectivity index (χ2n) is 4.43. The van der Waals surface area contributed by atoms with Crippen molar-refractivity contribution in [1.82, 2.24) is 0 Å². The lowest BCUT2D eigenvalue weighted by molar-refractivity contribution is 0.103. The van der Waals surface area contributed by atoms with Crippen molar-refractivity contribution < 1.29 is 4.79 Å². The van der Waals surface area contributed by atoms with Gasteiger partial charge in [-0.3, -0.25) is 4.79 Å². The maximum atomic E-state index is 12.4. The van der Waals surface area contributed by atoms with Gasteiger partial charge in [-0.05, 0) is 24.3 Å². The molecule has 0 bridgehead atoms. The molecule has 21 heavy (non-hydrogen) atoms. The van der Waals surface area contributed by atoms with Crippen LogP contribution in [0.2, 0.25) is 10.0 Å². The third kappa shape index (κ3) is 2.70. The third-order valence-corrected chi connectivity index (χ3v) is 4.90. The second kappa shape index (κ2) is 5.56. The van der Waals surface area contributed by atoms with Gasteiger partial charge in [0, 0.05) is 15.1 Å². The maximum absolute atomic E-state index is 12.4. The Hall–Kier alpha value is -1.75. The van der Waals surface area contributed by atoms with Crippen molar-refractivity contribution in [3.63, 3.8) is 0 Å². The summed E-state index contributed by atoms with van der Waals surface area (Å²) in [5.74, 6) is -0.282. The van der Waals surface area contributed by atoms with Gasteiger partial charge in [0.15, 0.2) is 0 Å². The summed E-state index contributed by atoms with van der Waals surface area (Å²) in [5.41, 5.74) is 6.89. The van der Waals surface area contributed by atoms with Gasteiger partial charge in [-0.1, -0.05) is 41.4 Å². The number of carbonyl (C=O) groups is 1. The molecule has 0 radical (unpaired) electrons. The number of para-hydroxylation sites is 2. The molecule has 1 amide bonds. The quantitative estimate of drug-likeness (QED) is 0.644. The molecule has 1 aromatic heterocycles. The zero-order valence-corrected chi connectivity index (χ0v) is 13.0. The van der Waals surface area contributed by atoms with Crippen molar-refractivity contribution in [1.29, 1.82) is 0 Å². The van der Waals surface area contributed by atoms with E-state index in [4.69, 9.17) is 28.9 Å². The number of thiophene rings is 1. The molecule has 0 aliphatic heterocycles. The molecule has 0 atom stereocenters. The Morgan fingerprint density at radius 1 is 1.14 bits per heavy atom. The predicted molar refractivity (Wildman–Crippen MR) is 90.7 cm³/mol. The van der Waals surface area contributed by atoms with Crippen molar-refractivity contribution in [2.45, 2.75) is 0 Å². The van der Waals surface area contributed by atoms with Crippen LogP contribution < -0.4 is 11.1 Å². The molecule has 1 heterocycles. The molecule has 3 N–H and O–H groups in total. The van der Waals surface area contributed by atoms with Crippen LogP contribution in [0.25, 0.3) is 10.1 Å². The lowest BCUT2D eigenvalue weighted by Crippen LogP contribution is -2.12. The van der Waals surface area contributed by atoms with Gasteiger partial charge < -0.3 is 11.1 Å². The van der Waals surface area contributed by atoms with Gasteiger partial charge in [-0.2, -0.15) is 0 Å². The van der Waals surface area contributed by atoms with E-state index < -0.39 is 0 Å². The molecule has 0 saturated carbocycles. The Labute approximate surface area is 135 Å². The molecule has 0 aliphatic carbocycles. The Kier molecular flexibility index (Phi) is 3.76.